The van der Waals surface area contributed by atoms with Gasteiger partial charge in [-0.25, -0.2) is 0 Å². The van der Waals surface area contributed by atoms with Gasteiger partial charge in [-0.15, -0.1) is 0 Å². The summed E-state index contributed by atoms with van der Waals surface area (Å²) < 4.78 is 5.48. The van der Waals surface area contributed by atoms with Gasteiger partial charge in [0.25, 0.3) is 0 Å². The first-order valence-corrected chi connectivity index (χ1v) is 7.85. The molecular formula is C15H21N5O4. The van der Waals surface area contributed by atoms with Gasteiger partial charge in [-0.05, 0) is 12.1 Å². The average Bonchev–Trinajstić information content (AvgIpc) is 3.18. The minimum atomic E-state index is -0.630. The summed E-state index contributed by atoms with van der Waals surface area (Å²) in [6.45, 7) is 2.36. The number of amides is 1. The minimum Gasteiger partial charge on any atom is -0.462 e. The molecule has 9 nitrogen and oxygen atoms in total. The number of nitrogens with zero attached hydrogens (tertiary/aromatic N) is 5. The highest BCUT2D eigenvalue weighted by Crippen LogP contribution is 2.13. The van der Waals surface area contributed by atoms with Gasteiger partial charge in [0, 0.05) is 26.2 Å². The van der Waals surface area contributed by atoms with Crippen molar-refractivity contribution in [3.05, 3.63) is 36.0 Å². The van der Waals surface area contributed by atoms with E-state index in [9.17, 15) is 9.90 Å². The molecule has 0 bridgehead atoms. The monoisotopic (exact) mass is 335 g/mol. The predicted octanol–water partition coefficient (Wildman–Crippen LogP) is -0.931. The maximum atomic E-state index is 12.3. The van der Waals surface area contributed by atoms with Crippen LogP contribution < -0.4 is 0 Å². The van der Waals surface area contributed by atoms with E-state index in [-0.39, 0.29) is 25.6 Å². The van der Waals surface area contributed by atoms with E-state index < -0.39 is 6.10 Å². The molecule has 1 aliphatic rings. The summed E-state index contributed by atoms with van der Waals surface area (Å²) in [5.41, 5.74) is 0. The molecule has 24 heavy (non-hydrogen) atoms. The average molecular weight is 335 g/mol. The quantitative estimate of drug-likeness (QED) is 0.727. The Morgan fingerprint density at radius 1 is 1.21 bits per heavy atom. The molecule has 0 aromatic carbocycles. The Kier molecular flexibility index (Phi) is 5.24. The third-order valence-corrected chi connectivity index (χ3v) is 3.93. The van der Waals surface area contributed by atoms with E-state index in [1.54, 1.807) is 11.0 Å². The standard InChI is InChI=1S/C15H21N5O4/c21-11-14-2-1-13(24-14)9-18-5-6-19(8-12(22)7-18)15(23)10-20-16-3-4-17-20/h1-4,12,21-22H,5-11H2. The van der Waals surface area contributed by atoms with E-state index in [0.29, 0.717) is 31.9 Å². The van der Waals surface area contributed by atoms with E-state index in [2.05, 4.69) is 10.2 Å². The minimum absolute atomic E-state index is 0.0672. The van der Waals surface area contributed by atoms with Crippen LogP contribution in [-0.2, 0) is 24.5 Å². The molecule has 130 valence electrons. The van der Waals surface area contributed by atoms with Gasteiger partial charge in [0.05, 0.1) is 25.0 Å². The van der Waals surface area contributed by atoms with Crippen LogP contribution in [0.25, 0.3) is 0 Å². The van der Waals surface area contributed by atoms with Gasteiger partial charge >= 0.3 is 0 Å². The van der Waals surface area contributed by atoms with Crippen molar-refractivity contribution in [1.82, 2.24) is 24.8 Å². The van der Waals surface area contributed by atoms with Crippen LogP contribution in [0.3, 0.4) is 0 Å². The number of furan rings is 1. The normalized spacial score (nSPS) is 19.4. The molecule has 1 fully saturated rings. The Labute approximate surface area is 139 Å². The lowest BCUT2D eigenvalue weighted by molar-refractivity contribution is -0.133. The van der Waals surface area contributed by atoms with Gasteiger partial charge in [0.2, 0.25) is 5.91 Å². The highest BCUT2D eigenvalue weighted by molar-refractivity contribution is 5.75. The Morgan fingerprint density at radius 3 is 2.67 bits per heavy atom. The van der Waals surface area contributed by atoms with E-state index in [1.165, 1.54) is 17.2 Å². The van der Waals surface area contributed by atoms with Crippen LogP contribution in [0.1, 0.15) is 11.5 Å². The number of aliphatic hydroxyl groups is 2. The molecule has 2 aromatic rings. The molecule has 0 saturated carbocycles. The summed E-state index contributed by atoms with van der Waals surface area (Å²) in [6, 6.07) is 3.55. The summed E-state index contributed by atoms with van der Waals surface area (Å²) in [4.78, 5) is 17.3. The zero-order valence-electron chi connectivity index (χ0n) is 13.3. The molecule has 1 amide bonds. The number of carbonyl (C=O) groups excluding carboxylic acids is 1. The summed E-state index contributed by atoms with van der Waals surface area (Å²) in [5.74, 6) is 1.13. The topological polar surface area (TPSA) is 108 Å². The lowest BCUT2D eigenvalue weighted by Crippen LogP contribution is -2.39. The highest BCUT2D eigenvalue weighted by atomic mass is 16.4. The van der Waals surface area contributed by atoms with Gasteiger partial charge in [-0.1, -0.05) is 0 Å². The first-order valence-electron chi connectivity index (χ1n) is 7.85. The molecular weight excluding hydrogens is 314 g/mol. The highest BCUT2D eigenvalue weighted by Gasteiger charge is 2.25. The summed E-state index contributed by atoms with van der Waals surface area (Å²) in [7, 11) is 0. The van der Waals surface area contributed by atoms with Crippen LogP contribution in [0.15, 0.2) is 28.9 Å². The molecule has 1 atom stereocenters. The Balaban J connectivity index is 1.57. The second-order valence-corrected chi connectivity index (χ2v) is 5.81. The summed E-state index contributed by atoms with van der Waals surface area (Å²) in [6.07, 6.45) is 2.42. The maximum absolute atomic E-state index is 12.3. The third kappa shape index (κ3) is 4.19. The van der Waals surface area contributed by atoms with Crippen LogP contribution >= 0.6 is 0 Å². The molecule has 0 aliphatic carbocycles. The van der Waals surface area contributed by atoms with Crippen molar-refractivity contribution < 1.29 is 19.4 Å². The number of hydrogen-bond acceptors (Lipinski definition) is 7. The fraction of sp³-hybridized carbons (Fsp3) is 0.533. The van der Waals surface area contributed by atoms with E-state index >= 15 is 0 Å². The molecule has 0 radical (unpaired) electrons. The molecule has 1 saturated heterocycles. The SMILES string of the molecule is O=C(Cn1nccn1)N1CCN(Cc2ccc(CO)o2)CC(O)C1. The Bertz CT molecular complexity index is 657. The van der Waals surface area contributed by atoms with Gasteiger partial charge < -0.3 is 19.5 Å². The Morgan fingerprint density at radius 2 is 1.96 bits per heavy atom. The van der Waals surface area contributed by atoms with E-state index in [4.69, 9.17) is 9.52 Å². The molecule has 3 heterocycles. The third-order valence-electron chi connectivity index (χ3n) is 3.93. The van der Waals surface area contributed by atoms with Crippen molar-refractivity contribution >= 4 is 5.91 Å². The largest absolute Gasteiger partial charge is 0.462 e. The van der Waals surface area contributed by atoms with Crippen molar-refractivity contribution in [1.29, 1.82) is 0 Å². The molecule has 2 N–H and O–H groups in total. The van der Waals surface area contributed by atoms with Crippen molar-refractivity contribution in [2.45, 2.75) is 25.8 Å². The number of rotatable bonds is 5. The zero-order chi connectivity index (χ0) is 16.9. The smallest absolute Gasteiger partial charge is 0.246 e. The summed E-state index contributed by atoms with van der Waals surface area (Å²) >= 11 is 0. The Hall–Kier alpha value is -2.23. The first kappa shape index (κ1) is 16.6. The lowest BCUT2D eigenvalue weighted by atomic mass is 10.3. The lowest BCUT2D eigenvalue weighted by Gasteiger charge is -2.21. The van der Waals surface area contributed by atoms with Gasteiger partial charge in [-0.3, -0.25) is 9.69 Å². The first-order chi connectivity index (χ1) is 11.6. The fourth-order valence-electron chi connectivity index (χ4n) is 2.78. The number of carbonyl (C=O) groups is 1. The molecule has 3 rings (SSSR count). The van der Waals surface area contributed by atoms with Gasteiger partial charge in [0.15, 0.2) is 0 Å². The number of aliphatic hydroxyl groups excluding tert-OH is 2. The predicted molar refractivity (Wildman–Crippen MR) is 82.5 cm³/mol. The second-order valence-electron chi connectivity index (χ2n) is 5.81. The van der Waals surface area contributed by atoms with Crippen molar-refractivity contribution in [2.24, 2.45) is 0 Å². The number of hydrogen-bond donors (Lipinski definition) is 2. The second kappa shape index (κ2) is 7.56. The van der Waals surface area contributed by atoms with E-state index in [0.717, 1.165) is 5.76 Å². The van der Waals surface area contributed by atoms with Crippen LogP contribution in [0.2, 0.25) is 0 Å². The summed E-state index contributed by atoms with van der Waals surface area (Å²) in [5, 5.41) is 27.1. The number of aromatic nitrogens is 3. The molecule has 2 aromatic heterocycles. The van der Waals surface area contributed by atoms with Gasteiger partial charge in [0.1, 0.15) is 24.7 Å². The van der Waals surface area contributed by atoms with Crippen LogP contribution in [0.5, 0.6) is 0 Å². The number of β-amino-alcohol motifs (C(OH)–C–C–N with tert-alkyl or cyclic N) is 1. The molecule has 1 unspecified atom stereocenters. The van der Waals surface area contributed by atoms with Crippen molar-refractivity contribution in [2.75, 3.05) is 26.2 Å². The molecule has 1 aliphatic heterocycles. The van der Waals surface area contributed by atoms with Crippen LogP contribution in [-0.4, -0.2) is 73.2 Å². The molecule has 0 spiro atoms. The van der Waals surface area contributed by atoms with Gasteiger partial charge in [-0.2, -0.15) is 15.0 Å². The zero-order valence-corrected chi connectivity index (χ0v) is 13.3. The fourth-order valence-corrected chi connectivity index (χ4v) is 2.78. The van der Waals surface area contributed by atoms with Crippen molar-refractivity contribution in [3.63, 3.8) is 0 Å². The maximum Gasteiger partial charge on any atom is 0.246 e. The van der Waals surface area contributed by atoms with Crippen molar-refractivity contribution in [3.8, 4) is 0 Å². The van der Waals surface area contributed by atoms with Crippen LogP contribution in [0, 0.1) is 0 Å². The van der Waals surface area contributed by atoms with Crippen LogP contribution in [0.4, 0.5) is 0 Å². The van der Waals surface area contributed by atoms with E-state index in [1.807, 2.05) is 11.0 Å². The molecule has 9 heteroatoms.